The van der Waals surface area contributed by atoms with Crippen LogP contribution in [0.3, 0.4) is 0 Å². The Morgan fingerprint density at radius 1 is 1.54 bits per heavy atom. The number of pyridine rings is 1. The maximum Gasteiger partial charge on any atom is 0.141 e. The maximum atomic E-state index is 12.7. The van der Waals surface area contributed by atoms with Crippen molar-refractivity contribution in [1.82, 2.24) is 4.98 Å². The molecule has 72 valence electrons. The highest BCUT2D eigenvalue weighted by atomic mass is 19.1. The van der Waals surface area contributed by atoms with Gasteiger partial charge in [-0.15, -0.1) is 0 Å². The fraction of sp³-hybridized carbons (Fsp3) is 0.545. The van der Waals surface area contributed by atoms with E-state index in [9.17, 15) is 4.39 Å². The van der Waals surface area contributed by atoms with Crippen molar-refractivity contribution in [1.29, 1.82) is 0 Å². The van der Waals surface area contributed by atoms with Gasteiger partial charge in [0.05, 0.1) is 6.20 Å². The molecule has 0 saturated heterocycles. The Labute approximate surface area is 79.0 Å². The summed E-state index contributed by atoms with van der Waals surface area (Å²) in [6.45, 7) is 6.20. The van der Waals surface area contributed by atoms with Crippen LogP contribution in [-0.2, 0) is 0 Å². The second-order valence-corrected chi connectivity index (χ2v) is 3.55. The number of nitrogens with zero attached hydrogens (tertiary/aromatic N) is 1. The van der Waals surface area contributed by atoms with E-state index in [-0.39, 0.29) is 5.82 Å². The molecule has 1 nitrogen and oxygen atoms in total. The summed E-state index contributed by atoms with van der Waals surface area (Å²) >= 11 is 0. The van der Waals surface area contributed by atoms with Crippen LogP contribution in [-0.4, -0.2) is 4.98 Å². The number of hydrogen-bond donors (Lipinski definition) is 0. The van der Waals surface area contributed by atoms with Crippen LogP contribution in [0.2, 0.25) is 0 Å². The van der Waals surface area contributed by atoms with Gasteiger partial charge >= 0.3 is 0 Å². The van der Waals surface area contributed by atoms with Crippen LogP contribution in [0, 0.1) is 12.7 Å². The predicted molar refractivity (Wildman–Crippen MR) is 52.3 cm³/mol. The minimum atomic E-state index is -0.245. The van der Waals surface area contributed by atoms with Gasteiger partial charge in [0.2, 0.25) is 0 Å². The van der Waals surface area contributed by atoms with Crippen LogP contribution in [0.4, 0.5) is 4.39 Å². The van der Waals surface area contributed by atoms with Gasteiger partial charge in [-0.2, -0.15) is 0 Å². The summed E-state index contributed by atoms with van der Waals surface area (Å²) in [5.74, 6) is 0.190. The lowest BCUT2D eigenvalue weighted by Crippen LogP contribution is -2.00. The Balaban J connectivity index is 2.88. The van der Waals surface area contributed by atoms with E-state index in [1.54, 1.807) is 6.07 Å². The second kappa shape index (κ2) is 4.35. The van der Waals surface area contributed by atoms with Crippen LogP contribution < -0.4 is 0 Å². The molecule has 1 aromatic heterocycles. The topological polar surface area (TPSA) is 12.9 Å². The molecule has 1 unspecified atom stereocenters. The van der Waals surface area contributed by atoms with Crippen molar-refractivity contribution in [2.45, 2.75) is 39.5 Å². The molecule has 0 fully saturated rings. The first kappa shape index (κ1) is 10.2. The van der Waals surface area contributed by atoms with Gasteiger partial charge in [0, 0.05) is 5.69 Å². The average molecular weight is 181 g/mol. The van der Waals surface area contributed by atoms with Crippen molar-refractivity contribution in [3.63, 3.8) is 0 Å². The van der Waals surface area contributed by atoms with Crippen molar-refractivity contribution in [3.8, 4) is 0 Å². The Morgan fingerprint density at radius 2 is 2.23 bits per heavy atom. The lowest BCUT2D eigenvalue weighted by atomic mass is 9.98. The molecule has 0 radical (unpaired) electrons. The van der Waals surface area contributed by atoms with E-state index in [4.69, 9.17) is 0 Å². The van der Waals surface area contributed by atoms with Gasteiger partial charge in [-0.3, -0.25) is 4.98 Å². The summed E-state index contributed by atoms with van der Waals surface area (Å²) in [6, 6.07) is 1.55. The van der Waals surface area contributed by atoms with E-state index in [0.29, 0.717) is 5.92 Å². The fourth-order valence-electron chi connectivity index (χ4n) is 1.64. The van der Waals surface area contributed by atoms with Crippen LogP contribution in [0.25, 0.3) is 0 Å². The Kier molecular flexibility index (Phi) is 3.40. The average Bonchev–Trinajstić information content (AvgIpc) is 2.04. The molecular weight excluding hydrogens is 165 g/mol. The van der Waals surface area contributed by atoms with E-state index in [1.807, 2.05) is 6.92 Å². The summed E-state index contributed by atoms with van der Waals surface area (Å²) in [7, 11) is 0. The van der Waals surface area contributed by atoms with E-state index in [2.05, 4.69) is 18.8 Å². The second-order valence-electron chi connectivity index (χ2n) is 3.55. The molecular formula is C11H16FN. The molecule has 1 heterocycles. The quantitative estimate of drug-likeness (QED) is 0.696. The number of halogens is 1. The molecule has 0 spiro atoms. The van der Waals surface area contributed by atoms with Crippen molar-refractivity contribution in [3.05, 3.63) is 29.3 Å². The minimum absolute atomic E-state index is 0.245. The van der Waals surface area contributed by atoms with Crippen LogP contribution in [0.1, 0.15) is 43.9 Å². The molecule has 0 aliphatic carbocycles. The summed E-state index contributed by atoms with van der Waals surface area (Å²) in [5, 5.41) is 0. The van der Waals surface area contributed by atoms with Crippen LogP contribution >= 0.6 is 0 Å². The van der Waals surface area contributed by atoms with Gasteiger partial charge in [0.25, 0.3) is 0 Å². The highest BCUT2D eigenvalue weighted by molar-refractivity contribution is 5.21. The monoisotopic (exact) mass is 181 g/mol. The first-order chi connectivity index (χ1) is 6.15. The van der Waals surface area contributed by atoms with Gasteiger partial charge < -0.3 is 0 Å². The summed E-state index contributed by atoms with van der Waals surface area (Å²) < 4.78 is 12.7. The Hall–Kier alpha value is -0.920. The smallest absolute Gasteiger partial charge is 0.141 e. The zero-order chi connectivity index (χ0) is 9.84. The van der Waals surface area contributed by atoms with E-state index in [0.717, 1.165) is 24.1 Å². The summed E-state index contributed by atoms with van der Waals surface area (Å²) in [5.41, 5.74) is 1.99. The van der Waals surface area contributed by atoms with Crippen molar-refractivity contribution < 1.29 is 4.39 Å². The molecule has 0 aliphatic rings. The van der Waals surface area contributed by atoms with Gasteiger partial charge in [-0.25, -0.2) is 4.39 Å². The third kappa shape index (κ3) is 2.51. The molecule has 13 heavy (non-hydrogen) atoms. The third-order valence-corrected chi connectivity index (χ3v) is 2.27. The fourth-order valence-corrected chi connectivity index (χ4v) is 1.64. The lowest BCUT2D eigenvalue weighted by Gasteiger charge is -2.11. The standard InChI is InChI=1S/C11H16FN/c1-4-5-8(2)11-9(3)6-10(12)7-13-11/h6-8H,4-5H2,1-3H3. The molecule has 0 amide bonds. The molecule has 0 aliphatic heterocycles. The third-order valence-electron chi connectivity index (χ3n) is 2.27. The van der Waals surface area contributed by atoms with Crippen molar-refractivity contribution >= 4 is 0 Å². The Bertz CT molecular complexity index is 283. The van der Waals surface area contributed by atoms with Gasteiger partial charge in [-0.1, -0.05) is 20.3 Å². The van der Waals surface area contributed by atoms with Crippen LogP contribution in [0.15, 0.2) is 12.3 Å². The Morgan fingerprint density at radius 3 is 2.77 bits per heavy atom. The SMILES string of the molecule is CCCC(C)c1ncc(F)cc1C. The van der Waals surface area contributed by atoms with Crippen molar-refractivity contribution in [2.24, 2.45) is 0 Å². The highest BCUT2D eigenvalue weighted by Crippen LogP contribution is 2.21. The number of aromatic nitrogens is 1. The molecule has 0 saturated carbocycles. The van der Waals surface area contributed by atoms with Gasteiger partial charge in [-0.05, 0) is 30.9 Å². The zero-order valence-electron chi connectivity index (χ0n) is 8.47. The first-order valence-electron chi connectivity index (χ1n) is 4.77. The summed E-state index contributed by atoms with van der Waals surface area (Å²) in [6.07, 6.45) is 3.55. The first-order valence-corrected chi connectivity index (χ1v) is 4.77. The zero-order valence-corrected chi connectivity index (χ0v) is 8.47. The van der Waals surface area contributed by atoms with Gasteiger partial charge in [0.15, 0.2) is 0 Å². The van der Waals surface area contributed by atoms with E-state index >= 15 is 0 Å². The molecule has 0 aromatic carbocycles. The minimum Gasteiger partial charge on any atom is -0.258 e. The van der Waals surface area contributed by atoms with E-state index < -0.39 is 0 Å². The molecule has 1 rings (SSSR count). The normalized spacial score (nSPS) is 12.9. The predicted octanol–water partition coefficient (Wildman–Crippen LogP) is 3.43. The maximum absolute atomic E-state index is 12.7. The van der Waals surface area contributed by atoms with Crippen LogP contribution in [0.5, 0.6) is 0 Å². The highest BCUT2D eigenvalue weighted by Gasteiger charge is 2.09. The number of aryl methyl sites for hydroxylation is 1. The molecule has 2 heteroatoms. The largest absolute Gasteiger partial charge is 0.258 e. The number of hydrogen-bond acceptors (Lipinski definition) is 1. The molecule has 1 aromatic rings. The lowest BCUT2D eigenvalue weighted by molar-refractivity contribution is 0.602. The number of rotatable bonds is 3. The van der Waals surface area contributed by atoms with E-state index in [1.165, 1.54) is 6.20 Å². The van der Waals surface area contributed by atoms with Crippen molar-refractivity contribution in [2.75, 3.05) is 0 Å². The molecule has 0 N–H and O–H groups in total. The molecule has 1 atom stereocenters. The summed E-state index contributed by atoms with van der Waals surface area (Å²) in [4.78, 5) is 4.12. The van der Waals surface area contributed by atoms with Gasteiger partial charge in [0.1, 0.15) is 5.82 Å². The molecule has 0 bridgehead atoms.